The van der Waals surface area contributed by atoms with Gasteiger partial charge in [-0.3, -0.25) is 4.79 Å². The first-order chi connectivity index (χ1) is 12.2. The molecule has 2 rings (SSSR count). The van der Waals surface area contributed by atoms with Gasteiger partial charge in [-0.2, -0.15) is 0 Å². The number of benzene rings is 2. The van der Waals surface area contributed by atoms with Crippen molar-refractivity contribution in [2.45, 2.75) is 33.6 Å². The molecule has 0 aliphatic rings. The van der Waals surface area contributed by atoms with Crippen molar-refractivity contribution in [3.63, 3.8) is 0 Å². The number of hydrogen-bond acceptors (Lipinski definition) is 3. The molecule has 0 heterocycles. The van der Waals surface area contributed by atoms with Gasteiger partial charge >= 0.3 is 0 Å². The molecule has 0 spiro atoms. The molecule has 0 fully saturated rings. The molecule has 0 aliphatic carbocycles. The van der Waals surface area contributed by atoms with E-state index in [1.54, 1.807) is 0 Å². The Bertz CT molecular complexity index is 664. The van der Waals surface area contributed by atoms with Crippen LogP contribution in [0, 0.1) is 5.92 Å². The fraction of sp³-hybridized carbons (Fsp3) is 0.409. The van der Waals surface area contributed by atoms with Crippen LogP contribution in [0.5, 0.6) is 5.75 Å². The summed E-state index contributed by atoms with van der Waals surface area (Å²) >= 11 is 0. The van der Waals surface area contributed by atoms with Crippen LogP contribution in [0.3, 0.4) is 0 Å². The molecule has 2 aromatic rings. The molecule has 0 saturated heterocycles. The Morgan fingerprint density at radius 1 is 1.08 bits per heavy atom. The van der Waals surface area contributed by atoms with Crippen LogP contribution in [0.1, 0.15) is 44.0 Å². The quantitative estimate of drug-likeness (QED) is 0.491. The molecule has 3 heteroatoms. The molecule has 1 N–H and O–H groups in total. The van der Waals surface area contributed by atoms with Gasteiger partial charge in [0, 0.05) is 17.0 Å². The Hall–Kier alpha value is -2.13. The lowest BCUT2D eigenvalue weighted by Gasteiger charge is -2.13. The molecule has 0 bridgehead atoms. The monoisotopic (exact) mass is 339 g/mol. The van der Waals surface area contributed by atoms with Gasteiger partial charge in [0.05, 0.1) is 6.61 Å². The van der Waals surface area contributed by atoms with Gasteiger partial charge < -0.3 is 10.1 Å². The predicted molar refractivity (Wildman–Crippen MR) is 104 cm³/mol. The summed E-state index contributed by atoms with van der Waals surface area (Å²) in [7, 11) is 0. The van der Waals surface area contributed by atoms with Gasteiger partial charge in [0.15, 0.2) is 5.78 Å². The second-order valence-electron chi connectivity index (χ2n) is 6.30. The number of hydrogen-bond donors (Lipinski definition) is 1. The van der Waals surface area contributed by atoms with E-state index in [-0.39, 0.29) is 11.7 Å². The lowest BCUT2D eigenvalue weighted by Crippen LogP contribution is -2.16. The molecule has 0 radical (unpaired) electrons. The minimum atomic E-state index is 0.0678. The molecule has 0 aromatic heterocycles. The van der Waals surface area contributed by atoms with Crippen molar-refractivity contribution in [2.24, 2.45) is 5.92 Å². The summed E-state index contributed by atoms with van der Waals surface area (Å²) in [6.45, 7) is 8.76. The molecule has 2 aromatic carbocycles. The van der Waals surface area contributed by atoms with E-state index < -0.39 is 0 Å². The minimum absolute atomic E-state index is 0.0678. The summed E-state index contributed by atoms with van der Waals surface area (Å²) in [6.07, 6.45) is 1.84. The number of ether oxygens (including phenoxy) is 1. The number of ketones is 1. The van der Waals surface area contributed by atoms with Crippen LogP contribution < -0.4 is 10.1 Å². The van der Waals surface area contributed by atoms with Crippen LogP contribution in [-0.2, 0) is 0 Å². The van der Waals surface area contributed by atoms with Crippen molar-refractivity contribution in [1.29, 1.82) is 0 Å². The Morgan fingerprint density at radius 3 is 2.48 bits per heavy atom. The van der Waals surface area contributed by atoms with Crippen LogP contribution in [0.4, 0.5) is 0 Å². The summed E-state index contributed by atoms with van der Waals surface area (Å²) in [5, 5.41) is 3.30. The molecule has 1 atom stereocenters. The first-order valence-corrected chi connectivity index (χ1v) is 9.24. The summed E-state index contributed by atoms with van der Waals surface area (Å²) in [4.78, 5) is 12.3. The summed E-state index contributed by atoms with van der Waals surface area (Å²) in [6, 6.07) is 15.9. The van der Waals surface area contributed by atoms with E-state index >= 15 is 0 Å². The maximum absolute atomic E-state index is 12.3. The normalized spacial score (nSPS) is 12.0. The highest BCUT2D eigenvalue weighted by Gasteiger charge is 2.13. The van der Waals surface area contributed by atoms with Crippen LogP contribution in [0.15, 0.2) is 48.5 Å². The zero-order valence-electron chi connectivity index (χ0n) is 15.5. The zero-order chi connectivity index (χ0) is 18.1. The van der Waals surface area contributed by atoms with Crippen LogP contribution in [-0.4, -0.2) is 25.5 Å². The van der Waals surface area contributed by atoms with Gasteiger partial charge in [-0.05, 0) is 37.6 Å². The van der Waals surface area contributed by atoms with Crippen molar-refractivity contribution in [1.82, 2.24) is 5.32 Å². The standard InChI is InChI=1S/C22H29NO2/c1-4-17(3)22(24)19-13-11-18(12-14-19)20-9-6-7-10-21(20)25-16-8-15-23-5-2/h6-7,9-14,17,23H,4-5,8,15-16H2,1-3H3. The molecule has 0 saturated carbocycles. The van der Waals surface area contributed by atoms with Crippen molar-refractivity contribution >= 4 is 5.78 Å². The molecule has 0 aliphatic heterocycles. The number of rotatable bonds is 10. The molecular formula is C22H29NO2. The van der Waals surface area contributed by atoms with Gasteiger partial charge in [0.2, 0.25) is 0 Å². The van der Waals surface area contributed by atoms with Gasteiger partial charge in [0.1, 0.15) is 5.75 Å². The van der Waals surface area contributed by atoms with E-state index in [2.05, 4.69) is 18.3 Å². The van der Waals surface area contributed by atoms with Crippen molar-refractivity contribution in [3.05, 3.63) is 54.1 Å². The first-order valence-electron chi connectivity index (χ1n) is 9.24. The molecular weight excluding hydrogens is 310 g/mol. The largest absolute Gasteiger partial charge is 0.493 e. The maximum Gasteiger partial charge on any atom is 0.165 e. The second kappa shape index (κ2) is 10.00. The topological polar surface area (TPSA) is 38.3 Å². The average Bonchev–Trinajstić information content (AvgIpc) is 2.67. The molecule has 3 nitrogen and oxygen atoms in total. The molecule has 134 valence electrons. The van der Waals surface area contributed by atoms with Gasteiger partial charge in [-0.15, -0.1) is 0 Å². The lowest BCUT2D eigenvalue weighted by molar-refractivity contribution is 0.0927. The van der Waals surface area contributed by atoms with Crippen molar-refractivity contribution in [2.75, 3.05) is 19.7 Å². The number of para-hydroxylation sites is 1. The lowest BCUT2D eigenvalue weighted by atomic mass is 9.95. The average molecular weight is 339 g/mol. The third-order valence-corrected chi connectivity index (χ3v) is 4.43. The number of carbonyl (C=O) groups excluding carboxylic acids is 1. The van der Waals surface area contributed by atoms with E-state index in [1.807, 2.05) is 56.3 Å². The van der Waals surface area contributed by atoms with Gasteiger partial charge in [0.25, 0.3) is 0 Å². The van der Waals surface area contributed by atoms with Gasteiger partial charge in [-0.25, -0.2) is 0 Å². The van der Waals surface area contributed by atoms with Crippen LogP contribution >= 0.6 is 0 Å². The fourth-order valence-corrected chi connectivity index (χ4v) is 2.67. The molecule has 25 heavy (non-hydrogen) atoms. The van der Waals surface area contributed by atoms with Crippen LogP contribution in [0.25, 0.3) is 11.1 Å². The zero-order valence-corrected chi connectivity index (χ0v) is 15.5. The summed E-state index contributed by atoms with van der Waals surface area (Å²) < 4.78 is 5.96. The van der Waals surface area contributed by atoms with E-state index in [9.17, 15) is 4.79 Å². The van der Waals surface area contributed by atoms with E-state index in [1.165, 1.54) is 0 Å². The molecule has 1 unspecified atom stereocenters. The third-order valence-electron chi connectivity index (χ3n) is 4.43. The van der Waals surface area contributed by atoms with Crippen molar-refractivity contribution in [3.8, 4) is 16.9 Å². The van der Waals surface area contributed by atoms with E-state index in [0.717, 1.165) is 48.4 Å². The Kier molecular flexibility index (Phi) is 7.68. The Morgan fingerprint density at radius 2 is 1.80 bits per heavy atom. The highest BCUT2D eigenvalue weighted by atomic mass is 16.5. The maximum atomic E-state index is 12.3. The first kappa shape index (κ1) is 19.2. The smallest absolute Gasteiger partial charge is 0.165 e. The fourth-order valence-electron chi connectivity index (χ4n) is 2.67. The SMILES string of the molecule is CCNCCCOc1ccccc1-c1ccc(C(=O)C(C)CC)cc1. The predicted octanol–water partition coefficient (Wildman–Crippen LogP) is 4.96. The second-order valence-corrected chi connectivity index (χ2v) is 6.30. The molecule has 0 amide bonds. The summed E-state index contributed by atoms with van der Waals surface area (Å²) in [5.74, 6) is 1.17. The van der Waals surface area contributed by atoms with Gasteiger partial charge in [-0.1, -0.05) is 63.2 Å². The number of carbonyl (C=O) groups is 1. The Labute approximate surface area is 151 Å². The highest BCUT2D eigenvalue weighted by molar-refractivity contribution is 5.98. The van der Waals surface area contributed by atoms with Crippen LogP contribution in [0.2, 0.25) is 0 Å². The van der Waals surface area contributed by atoms with E-state index in [4.69, 9.17) is 4.74 Å². The Balaban J connectivity index is 2.09. The van der Waals surface area contributed by atoms with E-state index in [0.29, 0.717) is 6.61 Å². The summed E-state index contributed by atoms with van der Waals surface area (Å²) in [5.41, 5.74) is 2.92. The number of nitrogens with one attached hydrogen (secondary N) is 1. The number of Topliss-reactive ketones (excluding diaryl/α,β-unsaturated/α-hetero) is 1. The minimum Gasteiger partial charge on any atom is -0.493 e. The third kappa shape index (κ3) is 5.43. The van der Waals surface area contributed by atoms with Crippen molar-refractivity contribution < 1.29 is 9.53 Å². The highest BCUT2D eigenvalue weighted by Crippen LogP contribution is 2.30.